The van der Waals surface area contributed by atoms with Gasteiger partial charge in [0.05, 0.1) is 17.1 Å². The van der Waals surface area contributed by atoms with Gasteiger partial charge in [0.25, 0.3) is 15.9 Å². The lowest BCUT2D eigenvalue weighted by atomic mass is 10.1. The summed E-state index contributed by atoms with van der Waals surface area (Å²) in [7, 11) is -3.88. The molecule has 0 saturated heterocycles. The largest absolute Gasteiger partial charge is 0.476 e. The fourth-order valence-electron chi connectivity index (χ4n) is 4.10. The van der Waals surface area contributed by atoms with Crippen LogP contribution in [0.3, 0.4) is 0 Å². The van der Waals surface area contributed by atoms with Gasteiger partial charge in [0.15, 0.2) is 6.10 Å². The van der Waals surface area contributed by atoms with E-state index in [-0.39, 0.29) is 17.3 Å². The van der Waals surface area contributed by atoms with Gasteiger partial charge in [-0.2, -0.15) is 0 Å². The van der Waals surface area contributed by atoms with Crippen LogP contribution in [0, 0.1) is 6.92 Å². The monoisotopic (exact) mass is 472 g/mol. The Hall–Kier alpha value is -3.84. The molecule has 4 aromatic rings. The third kappa shape index (κ3) is 4.22. The number of benzene rings is 4. The van der Waals surface area contributed by atoms with Crippen LogP contribution in [0.1, 0.15) is 11.1 Å². The molecule has 1 heterocycles. The number of carbonyl (C=O) groups excluding carboxylic acids is 1. The third-order valence-electron chi connectivity index (χ3n) is 5.89. The summed E-state index contributed by atoms with van der Waals surface area (Å²) in [5.41, 5.74) is 2.28. The first kappa shape index (κ1) is 22.0. The standard InChI is InChI=1S/C27H24N2O4S/c1-19-11-14-25-24(15-19)29(34(31,32)23-9-3-2-4-10-23)18-26(33-25)27(30)28-17-20-12-13-21-7-5-6-8-22(21)16-20/h2-16,26H,17-18H2,1H3,(H,28,30). The molecule has 0 aromatic heterocycles. The Kier molecular flexibility index (Phi) is 5.71. The number of sulfonamides is 1. The summed E-state index contributed by atoms with van der Waals surface area (Å²) in [6.07, 6.45) is -0.978. The molecule has 4 aromatic carbocycles. The van der Waals surface area contributed by atoms with Gasteiger partial charge in [-0.3, -0.25) is 9.10 Å². The molecule has 0 saturated carbocycles. The van der Waals surface area contributed by atoms with Crippen molar-refractivity contribution >= 4 is 32.4 Å². The van der Waals surface area contributed by atoms with Gasteiger partial charge >= 0.3 is 0 Å². The van der Waals surface area contributed by atoms with E-state index in [9.17, 15) is 13.2 Å². The molecule has 1 atom stereocenters. The van der Waals surface area contributed by atoms with Crippen molar-refractivity contribution in [3.8, 4) is 5.75 Å². The van der Waals surface area contributed by atoms with E-state index >= 15 is 0 Å². The lowest BCUT2D eigenvalue weighted by molar-refractivity contribution is -0.127. The van der Waals surface area contributed by atoms with Crippen molar-refractivity contribution in [3.05, 3.63) is 102 Å². The molecule has 34 heavy (non-hydrogen) atoms. The van der Waals surface area contributed by atoms with Crippen molar-refractivity contribution in [1.82, 2.24) is 5.32 Å². The van der Waals surface area contributed by atoms with Crippen LogP contribution < -0.4 is 14.4 Å². The molecule has 1 N–H and O–H groups in total. The Balaban J connectivity index is 1.40. The van der Waals surface area contributed by atoms with E-state index in [1.54, 1.807) is 42.5 Å². The molecular weight excluding hydrogens is 448 g/mol. The molecule has 7 heteroatoms. The average molecular weight is 473 g/mol. The highest BCUT2D eigenvalue weighted by atomic mass is 32.2. The molecular formula is C27H24N2O4S. The summed E-state index contributed by atoms with van der Waals surface area (Å²) in [6, 6.07) is 27.6. The van der Waals surface area contributed by atoms with Crippen LogP contribution in [-0.2, 0) is 21.4 Å². The van der Waals surface area contributed by atoms with Gasteiger partial charge < -0.3 is 10.1 Å². The first-order valence-electron chi connectivity index (χ1n) is 11.0. The van der Waals surface area contributed by atoms with Gasteiger partial charge in [-0.1, -0.05) is 60.7 Å². The molecule has 172 valence electrons. The average Bonchev–Trinajstić information content (AvgIpc) is 2.87. The number of nitrogens with one attached hydrogen (secondary N) is 1. The van der Waals surface area contributed by atoms with E-state index < -0.39 is 16.1 Å². The predicted molar refractivity (Wildman–Crippen MR) is 132 cm³/mol. The maximum absolute atomic E-state index is 13.5. The highest BCUT2D eigenvalue weighted by Gasteiger charge is 2.37. The zero-order valence-electron chi connectivity index (χ0n) is 18.6. The summed E-state index contributed by atoms with van der Waals surface area (Å²) in [5.74, 6) is -0.00476. The van der Waals surface area contributed by atoms with Gasteiger partial charge in [-0.05, 0) is 59.2 Å². The van der Waals surface area contributed by atoms with Crippen LogP contribution >= 0.6 is 0 Å². The second-order valence-electron chi connectivity index (χ2n) is 8.33. The zero-order valence-corrected chi connectivity index (χ0v) is 19.5. The summed E-state index contributed by atoms with van der Waals surface area (Å²) in [6.45, 7) is 2.09. The molecule has 0 radical (unpaired) electrons. The topological polar surface area (TPSA) is 75.7 Å². The van der Waals surface area contributed by atoms with Crippen molar-refractivity contribution < 1.29 is 17.9 Å². The molecule has 0 aliphatic carbocycles. The number of rotatable bonds is 5. The lowest BCUT2D eigenvalue weighted by Gasteiger charge is -2.35. The quantitative estimate of drug-likeness (QED) is 0.467. The van der Waals surface area contributed by atoms with Crippen LogP contribution in [0.2, 0.25) is 0 Å². The fourth-order valence-corrected chi connectivity index (χ4v) is 5.59. The Bertz CT molecular complexity index is 1470. The second kappa shape index (κ2) is 8.83. The van der Waals surface area contributed by atoms with Gasteiger partial charge in [-0.25, -0.2) is 8.42 Å². The first-order chi connectivity index (χ1) is 16.4. The number of aryl methyl sites for hydroxylation is 1. The van der Waals surface area contributed by atoms with E-state index in [2.05, 4.69) is 5.32 Å². The number of hydrogen-bond acceptors (Lipinski definition) is 4. The number of ether oxygens (including phenoxy) is 1. The predicted octanol–water partition coefficient (Wildman–Crippen LogP) is 4.42. The maximum atomic E-state index is 13.5. The molecule has 0 spiro atoms. The van der Waals surface area contributed by atoms with Gasteiger partial charge in [0, 0.05) is 6.54 Å². The molecule has 1 aliphatic heterocycles. The minimum atomic E-state index is -3.88. The van der Waals surface area contributed by atoms with Crippen LogP contribution in [0.4, 0.5) is 5.69 Å². The number of nitrogens with zero attached hydrogens (tertiary/aromatic N) is 1. The molecule has 1 amide bonds. The van der Waals surface area contributed by atoms with Crippen molar-refractivity contribution in [2.24, 2.45) is 0 Å². The van der Waals surface area contributed by atoms with Crippen molar-refractivity contribution in [3.63, 3.8) is 0 Å². The SMILES string of the molecule is Cc1ccc2c(c1)N(S(=O)(=O)c1ccccc1)CC(C(=O)NCc1ccc3ccccc3c1)O2. The highest BCUT2D eigenvalue weighted by Crippen LogP contribution is 2.37. The minimum absolute atomic E-state index is 0.114. The molecule has 0 fully saturated rings. The smallest absolute Gasteiger partial charge is 0.264 e. The van der Waals surface area contributed by atoms with Gasteiger partial charge in [0.1, 0.15) is 5.75 Å². The maximum Gasteiger partial charge on any atom is 0.264 e. The number of anilines is 1. The molecule has 6 nitrogen and oxygen atoms in total. The first-order valence-corrected chi connectivity index (χ1v) is 12.5. The number of carbonyl (C=O) groups is 1. The summed E-state index contributed by atoms with van der Waals surface area (Å²) in [4.78, 5) is 13.2. The minimum Gasteiger partial charge on any atom is -0.476 e. The van der Waals surface area contributed by atoms with E-state index in [0.29, 0.717) is 18.0 Å². The van der Waals surface area contributed by atoms with Crippen LogP contribution in [0.5, 0.6) is 5.75 Å². The van der Waals surface area contributed by atoms with E-state index in [1.165, 1.54) is 4.31 Å². The van der Waals surface area contributed by atoms with Crippen LogP contribution in [0.15, 0.2) is 95.9 Å². The normalized spacial score (nSPS) is 15.4. The molecule has 5 rings (SSSR count). The van der Waals surface area contributed by atoms with E-state index in [0.717, 1.165) is 21.9 Å². The molecule has 1 aliphatic rings. The van der Waals surface area contributed by atoms with Gasteiger partial charge in [0.2, 0.25) is 0 Å². The summed E-state index contributed by atoms with van der Waals surface area (Å²) in [5, 5.41) is 5.12. The third-order valence-corrected chi connectivity index (χ3v) is 7.68. The van der Waals surface area contributed by atoms with Gasteiger partial charge in [-0.15, -0.1) is 0 Å². The molecule has 0 bridgehead atoms. The number of amides is 1. The summed E-state index contributed by atoms with van der Waals surface area (Å²) >= 11 is 0. The Labute approximate surface area is 198 Å². The second-order valence-corrected chi connectivity index (χ2v) is 10.2. The van der Waals surface area contributed by atoms with Crippen LogP contribution in [-0.4, -0.2) is 27.0 Å². The van der Waals surface area contributed by atoms with Crippen molar-refractivity contribution in [2.45, 2.75) is 24.5 Å². The van der Waals surface area contributed by atoms with Crippen LogP contribution in [0.25, 0.3) is 10.8 Å². The van der Waals surface area contributed by atoms with Crippen molar-refractivity contribution in [2.75, 3.05) is 10.8 Å². The Morgan fingerprint density at radius 1 is 0.941 bits per heavy atom. The van der Waals surface area contributed by atoms with E-state index in [1.807, 2.05) is 55.5 Å². The Morgan fingerprint density at radius 3 is 2.47 bits per heavy atom. The Morgan fingerprint density at radius 2 is 1.68 bits per heavy atom. The lowest BCUT2D eigenvalue weighted by Crippen LogP contribution is -2.50. The summed E-state index contributed by atoms with van der Waals surface area (Å²) < 4.78 is 34.2. The van der Waals surface area contributed by atoms with E-state index in [4.69, 9.17) is 4.74 Å². The molecule has 1 unspecified atom stereocenters. The number of fused-ring (bicyclic) bond motifs is 2. The van der Waals surface area contributed by atoms with Crippen molar-refractivity contribution in [1.29, 1.82) is 0 Å². The number of hydrogen-bond donors (Lipinski definition) is 1. The fraction of sp³-hybridized carbons (Fsp3) is 0.148. The highest BCUT2D eigenvalue weighted by molar-refractivity contribution is 7.92. The zero-order chi connectivity index (χ0) is 23.7.